The van der Waals surface area contributed by atoms with E-state index in [-0.39, 0.29) is 23.8 Å². The van der Waals surface area contributed by atoms with E-state index < -0.39 is 0 Å². The van der Waals surface area contributed by atoms with Gasteiger partial charge in [0.05, 0.1) is 25.9 Å². The summed E-state index contributed by atoms with van der Waals surface area (Å²) in [4.78, 5) is 29.9. The Kier molecular flexibility index (Phi) is 8.58. The molecule has 2 aliphatic rings. The molecule has 0 unspecified atom stereocenters. The molecule has 0 aliphatic carbocycles. The molecule has 2 atom stereocenters. The fraction of sp³-hybridized carbons (Fsp3) is 0.667. The minimum Gasteiger partial charge on any atom is -0.490 e. The number of amides is 2. The van der Waals surface area contributed by atoms with Crippen LogP contribution in [0.15, 0.2) is 18.2 Å². The maximum Gasteiger partial charge on any atom is 0.224 e. The van der Waals surface area contributed by atoms with Crippen LogP contribution in [0.1, 0.15) is 57.6 Å². The first-order valence-corrected chi connectivity index (χ1v) is 11.5. The van der Waals surface area contributed by atoms with Crippen LogP contribution in [0.25, 0.3) is 0 Å². The number of unbranched alkanes of at least 4 members (excludes halogenated alkanes) is 2. The Morgan fingerprint density at radius 3 is 2.84 bits per heavy atom. The average Bonchev–Trinajstić information content (AvgIpc) is 2.76. The standard InChI is InChI=1S/C24H36N2O5/c1-4-6-7-11-22(28)26-13-12-21(27)25(14-15-29-3)16-18-17-31-24-19(23(18)26)9-8-10-20(24)30-5-2/h8-10,18,23H,4-7,11-17H2,1-3H3/t18-,23-/m0/s1. The molecular formula is C24H36N2O5. The maximum absolute atomic E-state index is 13.3. The van der Waals surface area contributed by atoms with Gasteiger partial charge in [-0.2, -0.15) is 0 Å². The molecule has 1 saturated heterocycles. The summed E-state index contributed by atoms with van der Waals surface area (Å²) < 4.78 is 17.2. The van der Waals surface area contributed by atoms with Gasteiger partial charge in [0.15, 0.2) is 11.5 Å². The highest BCUT2D eigenvalue weighted by Crippen LogP contribution is 2.45. The highest BCUT2D eigenvalue weighted by atomic mass is 16.5. The van der Waals surface area contributed by atoms with Gasteiger partial charge in [-0.25, -0.2) is 0 Å². The first-order chi connectivity index (χ1) is 15.1. The van der Waals surface area contributed by atoms with Crippen LogP contribution < -0.4 is 9.47 Å². The topological polar surface area (TPSA) is 68.3 Å². The van der Waals surface area contributed by atoms with Gasteiger partial charge in [0.2, 0.25) is 11.8 Å². The molecule has 3 rings (SSSR count). The van der Waals surface area contributed by atoms with Crippen LogP contribution in [0.5, 0.6) is 11.5 Å². The molecular weight excluding hydrogens is 396 g/mol. The summed E-state index contributed by atoms with van der Waals surface area (Å²) in [5, 5.41) is 0. The van der Waals surface area contributed by atoms with Gasteiger partial charge in [-0.1, -0.05) is 31.9 Å². The van der Waals surface area contributed by atoms with E-state index in [4.69, 9.17) is 14.2 Å². The molecule has 0 radical (unpaired) electrons. The zero-order chi connectivity index (χ0) is 22.2. The Morgan fingerprint density at radius 2 is 2.10 bits per heavy atom. The smallest absolute Gasteiger partial charge is 0.224 e. The number of hydrogen-bond donors (Lipinski definition) is 0. The molecule has 1 aromatic rings. The van der Waals surface area contributed by atoms with Crippen molar-refractivity contribution in [2.75, 3.05) is 46.6 Å². The number of hydrogen-bond acceptors (Lipinski definition) is 5. The predicted molar refractivity (Wildman–Crippen MR) is 118 cm³/mol. The zero-order valence-electron chi connectivity index (χ0n) is 19.1. The van der Waals surface area contributed by atoms with E-state index in [2.05, 4.69) is 6.92 Å². The summed E-state index contributed by atoms with van der Waals surface area (Å²) >= 11 is 0. The van der Waals surface area contributed by atoms with Crippen LogP contribution in [-0.4, -0.2) is 68.2 Å². The van der Waals surface area contributed by atoms with E-state index in [0.717, 1.165) is 30.6 Å². The number of ether oxygens (including phenoxy) is 3. The lowest BCUT2D eigenvalue weighted by Gasteiger charge is -2.44. The van der Waals surface area contributed by atoms with Crippen molar-refractivity contribution in [3.05, 3.63) is 23.8 Å². The summed E-state index contributed by atoms with van der Waals surface area (Å²) in [5.41, 5.74) is 0.979. The van der Waals surface area contributed by atoms with Crippen molar-refractivity contribution in [1.82, 2.24) is 9.80 Å². The van der Waals surface area contributed by atoms with Crippen molar-refractivity contribution in [3.8, 4) is 11.5 Å². The second-order valence-corrected chi connectivity index (χ2v) is 8.25. The van der Waals surface area contributed by atoms with Crippen molar-refractivity contribution in [3.63, 3.8) is 0 Å². The van der Waals surface area contributed by atoms with Crippen molar-refractivity contribution in [1.29, 1.82) is 0 Å². The van der Waals surface area contributed by atoms with Crippen molar-refractivity contribution in [2.24, 2.45) is 5.92 Å². The van der Waals surface area contributed by atoms with Gasteiger partial charge < -0.3 is 24.0 Å². The number of para-hydroxylation sites is 1. The van der Waals surface area contributed by atoms with E-state index in [1.807, 2.05) is 34.9 Å². The molecule has 7 heteroatoms. The summed E-state index contributed by atoms with van der Waals surface area (Å²) in [6, 6.07) is 5.77. The summed E-state index contributed by atoms with van der Waals surface area (Å²) in [5.74, 6) is 1.63. The predicted octanol–water partition coefficient (Wildman–Crippen LogP) is 3.42. The first-order valence-electron chi connectivity index (χ1n) is 11.5. The van der Waals surface area contributed by atoms with Gasteiger partial charge in [0, 0.05) is 51.1 Å². The number of methoxy groups -OCH3 is 1. The number of carbonyl (C=O) groups is 2. The molecule has 31 heavy (non-hydrogen) atoms. The minimum atomic E-state index is -0.128. The third kappa shape index (κ3) is 5.50. The molecule has 2 aliphatic heterocycles. The van der Waals surface area contributed by atoms with Gasteiger partial charge in [0.1, 0.15) is 0 Å². The highest BCUT2D eigenvalue weighted by Gasteiger charge is 2.41. The van der Waals surface area contributed by atoms with Crippen LogP contribution in [-0.2, 0) is 14.3 Å². The normalized spacial score (nSPS) is 20.9. The van der Waals surface area contributed by atoms with E-state index in [0.29, 0.717) is 58.0 Å². The van der Waals surface area contributed by atoms with E-state index >= 15 is 0 Å². The molecule has 7 nitrogen and oxygen atoms in total. The van der Waals surface area contributed by atoms with E-state index in [1.54, 1.807) is 7.11 Å². The number of rotatable bonds is 9. The first kappa shape index (κ1) is 23.4. The van der Waals surface area contributed by atoms with Crippen LogP contribution in [0.2, 0.25) is 0 Å². The lowest BCUT2D eigenvalue weighted by molar-refractivity contribution is -0.142. The van der Waals surface area contributed by atoms with Gasteiger partial charge in [-0.15, -0.1) is 0 Å². The van der Waals surface area contributed by atoms with Crippen molar-refractivity contribution in [2.45, 2.75) is 52.0 Å². The molecule has 1 aromatic carbocycles. The monoisotopic (exact) mass is 432 g/mol. The largest absolute Gasteiger partial charge is 0.490 e. The Bertz CT molecular complexity index is 753. The molecule has 0 saturated carbocycles. The van der Waals surface area contributed by atoms with Gasteiger partial charge in [-0.05, 0) is 19.4 Å². The molecule has 2 heterocycles. The number of benzene rings is 1. The number of nitrogens with zero attached hydrogens (tertiary/aromatic N) is 2. The second kappa shape index (κ2) is 11.4. The summed E-state index contributed by atoms with van der Waals surface area (Å²) in [6.07, 6.45) is 3.82. The maximum atomic E-state index is 13.3. The average molecular weight is 433 g/mol. The second-order valence-electron chi connectivity index (χ2n) is 8.25. The minimum absolute atomic E-state index is 0.000563. The van der Waals surface area contributed by atoms with Crippen LogP contribution in [0.3, 0.4) is 0 Å². The Labute approximate surface area is 185 Å². The molecule has 0 aromatic heterocycles. The summed E-state index contributed by atoms with van der Waals surface area (Å²) in [7, 11) is 1.64. The SMILES string of the molecule is CCCCCC(=O)N1CCC(=O)N(CCOC)C[C@H]2COc3c(OCC)cccc3[C@H]21. The molecule has 0 N–H and O–H groups in total. The van der Waals surface area contributed by atoms with Gasteiger partial charge in [0.25, 0.3) is 0 Å². The Balaban J connectivity index is 1.94. The lowest BCUT2D eigenvalue weighted by Crippen LogP contribution is -2.51. The Hall–Kier alpha value is -2.28. The fourth-order valence-corrected chi connectivity index (χ4v) is 4.57. The van der Waals surface area contributed by atoms with Gasteiger partial charge in [-0.3, -0.25) is 9.59 Å². The number of carbonyl (C=O) groups excluding carboxylic acids is 2. The molecule has 0 spiro atoms. The van der Waals surface area contributed by atoms with E-state index in [9.17, 15) is 9.59 Å². The van der Waals surface area contributed by atoms with Crippen LogP contribution in [0, 0.1) is 5.92 Å². The van der Waals surface area contributed by atoms with Crippen molar-refractivity contribution >= 4 is 11.8 Å². The van der Waals surface area contributed by atoms with Gasteiger partial charge >= 0.3 is 0 Å². The van der Waals surface area contributed by atoms with E-state index in [1.165, 1.54) is 0 Å². The third-order valence-corrected chi connectivity index (χ3v) is 6.11. The Morgan fingerprint density at radius 1 is 1.26 bits per heavy atom. The summed E-state index contributed by atoms with van der Waals surface area (Å²) in [6.45, 7) is 7.09. The molecule has 0 bridgehead atoms. The van der Waals surface area contributed by atoms with Crippen molar-refractivity contribution < 1.29 is 23.8 Å². The molecule has 1 fully saturated rings. The fourth-order valence-electron chi connectivity index (χ4n) is 4.57. The lowest BCUT2D eigenvalue weighted by atomic mass is 9.87. The van der Waals surface area contributed by atoms with Crippen LogP contribution >= 0.6 is 0 Å². The zero-order valence-corrected chi connectivity index (χ0v) is 19.1. The highest BCUT2D eigenvalue weighted by molar-refractivity contribution is 5.80. The number of fused-ring (bicyclic) bond motifs is 3. The van der Waals surface area contributed by atoms with Crippen LogP contribution in [0.4, 0.5) is 0 Å². The third-order valence-electron chi connectivity index (χ3n) is 6.11. The molecule has 172 valence electrons. The quantitative estimate of drug-likeness (QED) is 0.560. The molecule has 2 amide bonds.